The van der Waals surface area contributed by atoms with E-state index < -0.39 is 30.2 Å². The third-order valence-corrected chi connectivity index (χ3v) is 3.80. The molecule has 0 saturated carbocycles. The van der Waals surface area contributed by atoms with Crippen LogP contribution in [-0.4, -0.2) is 25.0 Å². The summed E-state index contributed by atoms with van der Waals surface area (Å²) in [6.07, 6.45) is -0.435. The molecular weight excluding hydrogens is 371 g/mol. The lowest BCUT2D eigenvalue weighted by Crippen LogP contribution is -2.29. The van der Waals surface area contributed by atoms with Crippen molar-refractivity contribution in [2.75, 3.05) is 13.2 Å². The van der Waals surface area contributed by atoms with Gasteiger partial charge in [0.15, 0.2) is 6.61 Å². The number of alkyl halides is 3. The second-order valence-electron chi connectivity index (χ2n) is 6.00. The Kier molecular flexibility index (Phi) is 7.80. The highest BCUT2D eigenvalue weighted by Gasteiger charge is 2.29. The standard InChI is InChI=1S/C21H20F3NO3/c22-21(23,24)18-11-8-17(9-12-18)10-13-20(27)28-15-19(26)25-14-4-7-16-5-2-1-3-6-16/h1-3,5-6,8-13H,4,7,14-15H2,(H,25,26)/b13-10+. The summed E-state index contributed by atoms with van der Waals surface area (Å²) in [4.78, 5) is 23.2. The third-order valence-electron chi connectivity index (χ3n) is 3.80. The molecule has 0 aliphatic carbocycles. The van der Waals surface area contributed by atoms with Gasteiger partial charge < -0.3 is 10.1 Å². The molecule has 2 aromatic rings. The van der Waals surface area contributed by atoms with E-state index in [1.807, 2.05) is 30.3 Å². The monoisotopic (exact) mass is 391 g/mol. The Hall–Kier alpha value is -3.09. The van der Waals surface area contributed by atoms with Crippen LogP contribution in [0.5, 0.6) is 0 Å². The Morgan fingerprint density at radius 1 is 1.00 bits per heavy atom. The van der Waals surface area contributed by atoms with Gasteiger partial charge >= 0.3 is 12.1 Å². The van der Waals surface area contributed by atoms with Crippen LogP contribution in [0.3, 0.4) is 0 Å². The molecule has 0 unspecified atom stereocenters. The largest absolute Gasteiger partial charge is 0.452 e. The van der Waals surface area contributed by atoms with E-state index in [0.29, 0.717) is 12.1 Å². The number of halogens is 3. The van der Waals surface area contributed by atoms with Crippen molar-refractivity contribution in [1.29, 1.82) is 0 Å². The highest BCUT2D eigenvalue weighted by atomic mass is 19.4. The van der Waals surface area contributed by atoms with Crippen molar-refractivity contribution in [3.05, 3.63) is 77.4 Å². The van der Waals surface area contributed by atoms with E-state index in [1.165, 1.54) is 23.8 Å². The Balaban J connectivity index is 1.65. The van der Waals surface area contributed by atoms with E-state index in [-0.39, 0.29) is 0 Å². The van der Waals surface area contributed by atoms with Gasteiger partial charge in [-0.2, -0.15) is 13.2 Å². The van der Waals surface area contributed by atoms with Crippen molar-refractivity contribution < 1.29 is 27.5 Å². The van der Waals surface area contributed by atoms with Gasteiger partial charge in [-0.05, 0) is 42.2 Å². The summed E-state index contributed by atoms with van der Waals surface area (Å²) in [6.45, 7) is 0.0498. The highest BCUT2D eigenvalue weighted by Crippen LogP contribution is 2.29. The minimum Gasteiger partial charge on any atom is -0.452 e. The fraction of sp³-hybridized carbons (Fsp3) is 0.238. The van der Waals surface area contributed by atoms with Gasteiger partial charge in [0.2, 0.25) is 0 Å². The van der Waals surface area contributed by atoms with Gasteiger partial charge in [-0.1, -0.05) is 42.5 Å². The number of hydrogen-bond donors (Lipinski definition) is 1. The lowest BCUT2D eigenvalue weighted by atomic mass is 10.1. The van der Waals surface area contributed by atoms with E-state index in [0.717, 1.165) is 31.1 Å². The molecule has 0 heterocycles. The van der Waals surface area contributed by atoms with Crippen LogP contribution in [0.25, 0.3) is 6.08 Å². The molecule has 28 heavy (non-hydrogen) atoms. The van der Waals surface area contributed by atoms with Gasteiger partial charge in [-0.15, -0.1) is 0 Å². The van der Waals surface area contributed by atoms with Crippen LogP contribution in [0.15, 0.2) is 60.7 Å². The van der Waals surface area contributed by atoms with Crippen LogP contribution >= 0.6 is 0 Å². The summed E-state index contributed by atoms with van der Waals surface area (Å²) in [5, 5.41) is 2.66. The van der Waals surface area contributed by atoms with Gasteiger partial charge in [0.1, 0.15) is 0 Å². The lowest BCUT2D eigenvalue weighted by molar-refractivity contribution is -0.143. The van der Waals surface area contributed by atoms with Crippen LogP contribution in [0.4, 0.5) is 13.2 Å². The van der Waals surface area contributed by atoms with Crippen LogP contribution in [0.1, 0.15) is 23.1 Å². The lowest BCUT2D eigenvalue weighted by Gasteiger charge is -2.06. The summed E-state index contributed by atoms with van der Waals surface area (Å²) in [5.74, 6) is -1.16. The second kappa shape index (κ2) is 10.3. The molecule has 0 bridgehead atoms. The first-order valence-corrected chi connectivity index (χ1v) is 8.67. The quantitative estimate of drug-likeness (QED) is 0.420. The van der Waals surface area contributed by atoms with E-state index >= 15 is 0 Å². The zero-order chi connectivity index (χ0) is 20.4. The molecular formula is C21H20F3NO3. The molecule has 0 saturated heterocycles. The molecule has 1 amide bonds. The Bertz CT molecular complexity index is 800. The maximum atomic E-state index is 12.5. The Morgan fingerprint density at radius 3 is 2.32 bits per heavy atom. The number of amides is 1. The number of aryl methyl sites for hydroxylation is 1. The number of hydrogen-bond acceptors (Lipinski definition) is 3. The Labute approximate surface area is 161 Å². The molecule has 148 valence electrons. The topological polar surface area (TPSA) is 55.4 Å². The first kappa shape index (κ1) is 21.2. The third kappa shape index (κ3) is 7.65. The van der Waals surface area contributed by atoms with Gasteiger partial charge in [-0.3, -0.25) is 4.79 Å². The zero-order valence-corrected chi connectivity index (χ0v) is 15.0. The summed E-state index contributed by atoms with van der Waals surface area (Å²) < 4.78 is 42.2. The molecule has 2 aromatic carbocycles. The van der Waals surface area contributed by atoms with E-state index in [2.05, 4.69) is 5.32 Å². The minimum absolute atomic E-state index is 0.412. The van der Waals surface area contributed by atoms with Gasteiger partial charge in [-0.25, -0.2) is 4.79 Å². The van der Waals surface area contributed by atoms with E-state index in [1.54, 1.807) is 0 Å². The van der Waals surface area contributed by atoms with Crippen molar-refractivity contribution in [3.63, 3.8) is 0 Å². The fourth-order valence-corrected chi connectivity index (χ4v) is 2.35. The number of benzene rings is 2. The summed E-state index contributed by atoms with van der Waals surface area (Å²) in [5.41, 5.74) is 0.822. The van der Waals surface area contributed by atoms with Crippen molar-refractivity contribution in [1.82, 2.24) is 5.32 Å². The van der Waals surface area contributed by atoms with Gasteiger partial charge in [0, 0.05) is 12.6 Å². The van der Waals surface area contributed by atoms with E-state index in [4.69, 9.17) is 4.74 Å². The predicted molar refractivity (Wildman–Crippen MR) is 99.2 cm³/mol. The molecule has 0 spiro atoms. The second-order valence-corrected chi connectivity index (χ2v) is 6.00. The first-order chi connectivity index (χ1) is 13.3. The molecule has 0 radical (unpaired) electrons. The van der Waals surface area contributed by atoms with Gasteiger partial charge in [0.05, 0.1) is 5.56 Å². The average molecular weight is 391 g/mol. The maximum absolute atomic E-state index is 12.5. The zero-order valence-electron chi connectivity index (χ0n) is 15.0. The van der Waals surface area contributed by atoms with Crippen LogP contribution < -0.4 is 5.32 Å². The highest BCUT2D eigenvalue weighted by molar-refractivity contribution is 5.89. The first-order valence-electron chi connectivity index (χ1n) is 8.67. The van der Waals surface area contributed by atoms with Crippen molar-refractivity contribution in [2.45, 2.75) is 19.0 Å². The molecule has 7 heteroatoms. The fourth-order valence-electron chi connectivity index (χ4n) is 2.35. The molecule has 0 fully saturated rings. The average Bonchev–Trinajstić information content (AvgIpc) is 2.68. The molecule has 0 aliphatic heterocycles. The molecule has 2 rings (SSSR count). The molecule has 0 atom stereocenters. The normalized spacial score (nSPS) is 11.4. The number of carbonyl (C=O) groups is 2. The summed E-state index contributed by atoms with van der Waals surface area (Å²) >= 11 is 0. The van der Waals surface area contributed by atoms with Crippen molar-refractivity contribution in [2.24, 2.45) is 0 Å². The van der Waals surface area contributed by atoms with Crippen LogP contribution in [0, 0.1) is 0 Å². The van der Waals surface area contributed by atoms with Crippen LogP contribution in [0.2, 0.25) is 0 Å². The molecule has 0 aliphatic rings. The van der Waals surface area contributed by atoms with Gasteiger partial charge in [0.25, 0.3) is 5.91 Å². The number of carbonyl (C=O) groups excluding carboxylic acids is 2. The summed E-state index contributed by atoms with van der Waals surface area (Å²) in [6, 6.07) is 14.2. The predicted octanol–water partition coefficient (Wildman–Crippen LogP) is 4.01. The maximum Gasteiger partial charge on any atom is 0.416 e. The van der Waals surface area contributed by atoms with Crippen molar-refractivity contribution in [3.8, 4) is 0 Å². The summed E-state index contributed by atoms with van der Waals surface area (Å²) in [7, 11) is 0. The van der Waals surface area contributed by atoms with E-state index in [9.17, 15) is 22.8 Å². The Morgan fingerprint density at radius 2 is 1.68 bits per heavy atom. The van der Waals surface area contributed by atoms with Crippen molar-refractivity contribution >= 4 is 18.0 Å². The number of nitrogens with one attached hydrogen (secondary N) is 1. The number of ether oxygens (including phenoxy) is 1. The molecule has 0 aromatic heterocycles. The van der Waals surface area contributed by atoms with Crippen LogP contribution in [-0.2, 0) is 26.9 Å². The SMILES string of the molecule is O=C(COC(=O)/C=C/c1ccc(C(F)(F)F)cc1)NCCCc1ccccc1. The smallest absolute Gasteiger partial charge is 0.416 e. The number of esters is 1. The number of rotatable bonds is 8. The molecule has 1 N–H and O–H groups in total. The minimum atomic E-state index is -4.41. The molecule has 4 nitrogen and oxygen atoms in total.